The molecule has 4 unspecified atom stereocenters. The van der Waals surface area contributed by atoms with Crippen molar-refractivity contribution in [3.8, 4) is 0 Å². The number of halogens is 4. The number of hydrogen-bond acceptors (Lipinski definition) is 6. The molecule has 6 nitrogen and oxygen atoms in total. The van der Waals surface area contributed by atoms with Crippen molar-refractivity contribution in [1.29, 1.82) is 0 Å². The minimum atomic E-state index is -4.39. The van der Waals surface area contributed by atoms with E-state index in [1.165, 1.54) is 12.1 Å². The summed E-state index contributed by atoms with van der Waals surface area (Å²) < 4.78 is 78.1. The molecule has 0 aromatic heterocycles. The quantitative estimate of drug-likeness (QED) is 0.580. The van der Waals surface area contributed by atoms with E-state index >= 15 is 4.39 Å². The molecule has 1 aromatic carbocycles. The van der Waals surface area contributed by atoms with Crippen molar-refractivity contribution in [3.05, 3.63) is 35.4 Å². The molecular weight excluding hydrogens is 436 g/mol. The van der Waals surface area contributed by atoms with Crippen LogP contribution in [0.5, 0.6) is 0 Å². The van der Waals surface area contributed by atoms with Crippen molar-refractivity contribution in [3.63, 3.8) is 0 Å². The minimum absolute atomic E-state index is 0.174. The van der Waals surface area contributed by atoms with Crippen molar-refractivity contribution >= 4 is 9.84 Å². The normalized spacial score (nSPS) is 34.3. The van der Waals surface area contributed by atoms with Gasteiger partial charge in [0, 0.05) is 25.8 Å². The fourth-order valence-corrected chi connectivity index (χ4v) is 6.66. The largest absolute Gasteiger partial charge is 0.416 e. The summed E-state index contributed by atoms with van der Waals surface area (Å²) in [6.07, 6.45) is -4.27. The van der Waals surface area contributed by atoms with Gasteiger partial charge in [0.05, 0.1) is 28.9 Å². The van der Waals surface area contributed by atoms with E-state index in [4.69, 9.17) is 0 Å². The summed E-state index contributed by atoms with van der Waals surface area (Å²) in [7, 11) is -3.11. The van der Waals surface area contributed by atoms with Crippen LogP contribution in [0, 0.1) is 0 Å². The molecule has 0 radical (unpaired) electrons. The van der Waals surface area contributed by atoms with Crippen LogP contribution in [0.15, 0.2) is 24.3 Å². The van der Waals surface area contributed by atoms with Gasteiger partial charge in [0.1, 0.15) is 0 Å². The monoisotopic (exact) mass is 464 g/mol. The van der Waals surface area contributed by atoms with Gasteiger partial charge < -0.3 is 0 Å². The van der Waals surface area contributed by atoms with E-state index in [0.29, 0.717) is 26.1 Å². The SMILES string of the molecule is O=S1(=O)CCCC1CNC1NCNC(N2CCC[C@@H]2c2ccc(C(F)(F)F)cc2)C1F. The average Bonchev–Trinajstić information content (AvgIpc) is 3.33. The molecule has 3 heterocycles. The van der Waals surface area contributed by atoms with Crippen LogP contribution in [0.4, 0.5) is 17.6 Å². The Hall–Kier alpha value is -1.27. The summed E-state index contributed by atoms with van der Waals surface area (Å²) >= 11 is 0. The van der Waals surface area contributed by atoms with Gasteiger partial charge in [0.25, 0.3) is 0 Å². The van der Waals surface area contributed by atoms with Gasteiger partial charge in [-0.25, -0.2) is 12.8 Å². The molecule has 11 heteroatoms. The molecule has 0 amide bonds. The van der Waals surface area contributed by atoms with Crippen molar-refractivity contribution < 1.29 is 26.0 Å². The Balaban J connectivity index is 1.42. The van der Waals surface area contributed by atoms with Gasteiger partial charge in [-0.05, 0) is 43.4 Å². The molecule has 3 N–H and O–H groups in total. The highest BCUT2D eigenvalue weighted by Gasteiger charge is 2.42. The van der Waals surface area contributed by atoms with Gasteiger partial charge >= 0.3 is 6.18 Å². The summed E-state index contributed by atoms with van der Waals surface area (Å²) in [6, 6.07) is 4.91. The van der Waals surface area contributed by atoms with E-state index in [-0.39, 0.29) is 18.3 Å². The van der Waals surface area contributed by atoms with Crippen LogP contribution in [0.25, 0.3) is 0 Å². The maximum atomic E-state index is 15.4. The van der Waals surface area contributed by atoms with Gasteiger partial charge in [0.15, 0.2) is 16.0 Å². The topological polar surface area (TPSA) is 73.5 Å². The van der Waals surface area contributed by atoms with E-state index in [1.807, 2.05) is 4.90 Å². The van der Waals surface area contributed by atoms with Crippen molar-refractivity contribution in [2.45, 2.75) is 61.7 Å². The predicted molar refractivity (Wildman–Crippen MR) is 109 cm³/mol. The maximum Gasteiger partial charge on any atom is 0.416 e. The number of benzene rings is 1. The highest BCUT2D eigenvalue weighted by molar-refractivity contribution is 7.92. The molecule has 3 saturated heterocycles. The Morgan fingerprint density at radius 1 is 1.10 bits per heavy atom. The second-order valence-electron chi connectivity index (χ2n) is 8.51. The zero-order chi connectivity index (χ0) is 22.2. The molecule has 0 spiro atoms. The summed E-state index contributed by atoms with van der Waals surface area (Å²) in [5.41, 5.74) is 0.0369. The zero-order valence-corrected chi connectivity index (χ0v) is 17.9. The predicted octanol–water partition coefficient (Wildman–Crippen LogP) is 2.15. The summed E-state index contributed by atoms with van der Waals surface area (Å²) in [4.78, 5) is 1.97. The van der Waals surface area contributed by atoms with Crippen molar-refractivity contribution in [2.75, 3.05) is 25.5 Å². The van der Waals surface area contributed by atoms with Gasteiger partial charge in [-0.3, -0.25) is 20.9 Å². The van der Waals surface area contributed by atoms with E-state index < -0.39 is 45.3 Å². The minimum Gasteiger partial charge on any atom is -0.298 e. The molecule has 3 aliphatic rings. The Morgan fingerprint density at radius 3 is 2.48 bits per heavy atom. The Kier molecular flexibility index (Phi) is 6.60. The molecule has 3 aliphatic heterocycles. The zero-order valence-electron chi connectivity index (χ0n) is 17.0. The molecule has 174 valence electrons. The molecule has 1 aromatic rings. The number of rotatable bonds is 5. The number of nitrogens with zero attached hydrogens (tertiary/aromatic N) is 1. The highest BCUT2D eigenvalue weighted by Crippen LogP contribution is 2.37. The van der Waals surface area contributed by atoms with Crippen molar-refractivity contribution in [2.24, 2.45) is 0 Å². The number of alkyl halides is 4. The van der Waals surface area contributed by atoms with Crippen LogP contribution in [-0.2, 0) is 16.0 Å². The molecular formula is C20H28F4N4O2S. The third-order valence-corrected chi connectivity index (χ3v) is 8.83. The molecule has 31 heavy (non-hydrogen) atoms. The fourth-order valence-electron chi connectivity index (χ4n) is 4.89. The number of likely N-dealkylation sites (tertiary alicyclic amines) is 1. The van der Waals surface area contributed by atoms with Gasteiger partial charge in [-0.1, -0.05) is 12.1 Å². The van der Waals surface area contributed by atoms with Crippen LogP contribution in [0.1, 0.15) is 42.9 Å². The Morgan fingerprint density at radius 2 is 1.84 bits per heavy atom. The van der Waals surface area contributed by atoms with Crippen LogP contribution >= 0.6 is 0 Å². The Bertz CT molecular complexity index is 865. The lowest BCUT2D eigenvalue weighted by molar-refractivity contribution is -0.137. The molecule has 5 atom stereocenters. The van der Waals surface area contributed by atoms with E-state index in [0.717, 1.165) is 30.5 Å². The van der Waals surface area contributed by atoms with Gasteiger partial charge in [0.2, 0.25) is 0 Å². The van der Waals surface area contributed by atoms with Gasteiger partial charge in [-0.15, -0.1) is 0 Å². The number of hydrogen-bond donors (Lipinski definition) is 3. The van der Waals surface area contributed by atoms with E-state index in [9.17, 15) is 21.6 Å². The lowest BCUT2D eigenvalue weighted by Crippen LogP contribution is -2.68. The lowest BCUT2D eigenvalue weighted by atomic mass is 10.0. The number of nitrogens with one attached hydrogen (secondary N) is 3. The van der Waals surface area contributed by atoms with Crippen LogP contribution < -0.4 is 16.0 Å². The van der Waals surface area contributed by atoms with Gasteiger partial charge in [-0.2, -0.15) is 13.2 Å². The summed E-state index contributed by atoms with van der Waals surface area (Å²) in [5.74, 6) is 0.184. The maximum absolute atomic E-state index is 15.4. The van der Waals surface area contributed by atoms with Crippen molar-refractivity contribution in [1.82, 2.24) is 20.9 Å². The first-order chi connectivity index (χ1) is 14.7. The standard InChI is InChI=1S/C20H28F4N4O2S/c21-17-18(25-11-15-3-2-10-31(15,29)30)26-12-27-19(17)28-9-1-4-16(28)13-5-7-14(8-6-13)20(22,23)24/h5-8,15-19,25-27H,1-4,9-12H2/t15?,16-,17?,18?,19?/m1/s1. The first-order valence-corrected chi connectivity index (χ1v) is 12.4. The fraction of sp³-hybridized carbons (Fsp3) is 0.700. The van der Waals surface area contributed by atoms with Crippen LogP contribution in [0.2, 0.25) is 0 Å². The smallest absolute Gasteiger partial charge is 0.298 e. The summed E-state index contributed by atoms with van der Waals surface area (Å²) in [5, 5.41) is 8.69. The molecule has 0 bridgehead atoms. The third-order valence-electron chi connectivity index (χ3n) is 6.56. The lowest BCUT2D eigenvalue weighted by Gasteiger charge is -2.42. The van der Waals surface area contributed by atoms with E-state index in [1.54, 1.807) is 0 Å². The summed E-state index contributed by atoms with van der Waals surface area (Å²) in [6.45, 7) is 1.18. The number of sulfone groups is 1. The third kappa shape index (κ3) is 4.90. The molecule has 0 saturated carbocycles. The van der Waals surface area contributed by atoms with Crippen LogP contribution in [-0.4, -0.2) is 62.6 Å². The Labute approximate surface area is 179 Å². The molecule has 3 fully saturated rings. The average molecular weight is 465 g/mol. The second kappa shape index (κ2) is 8.93. The molecule has 0 aliphatic carbocycles. The van der Waals surface area contributed by atoms with Crippen LogP contribution in [0.3, 0.4) is 0 Å². The van der Waals surface area contributed by atoms with E-state index in [2.05, 4.69) is 16.0 Å². The second-order valence-corrected chi connectivity index (χ2v) is 10.9. The highest BCUT2D eigenvalue weighted by atomic mass is 32.2. The first-order valence-electron chi connectivity index (χ1n) is 10.7. The first kappa shape index (κ1) is 22.9. The molecule has 4 rings (SSSR count).